The van der Waals surface area contributed by atoms with E-state index < -0.39 is 0 Å². The summed E-state index contributed by atoms with van der Waals surface area (Å²) in [6.45, 7) is 6.93. The van der Waals surface area contributed by atoms with E-state index in [-0.39, 0.29) is 23.8 Å². The Bertz CT molecular complexity index is 551. The van der Waals surface area contributed by atoms with E-state index in [1.807, 2.05) is 32.0 Å². The molecule has 1 aromatic rings. The van der Waals surface area contributed by atoms with Crippen LogP contribution >= 0.6 is 0 Å². The number of ether oxygens (including phenoxy) is 1. The Morgan fingerprint density at radius 3 is 2.65 bits per heavy atom. The molecular formula is C18H26N2O3. The van der Waals surface area contributed by atoms with E-state index in [1.54, 1.807) is 6.92 Å². The van der Waals surface area contributed by atoms with Crippen LogP contribution in [-0.2, 0) is 14.3 Å². The summed E-state index contributed by atoms with van der Waals surface area (Å²) < 4.78 is 5.01. The molecule has 2 atom stereocenters. The fourth-order valence-electron chi connectivity index (χ4n) is 3.06. The highest BCUT2D eigenvalue weighted by molar-refractivity contribution is 5.96. The Morgan fingerprint density at radius 2 is 2.00 bits per heavy atom. The Hall–Kier alpha value is -1.88. The highest BCUT2D eigenvalue weighted by Gasteiger charge is 2.28. The standard InChI is InChI=1S/C18H26N2O3/c1-4-23-16(21)11-14-8-9-19-15(10-14)18(22)20-17-12(2)6-5-7-13(17)3/h5-7,14-15,19H,4,8-11H2,1-3H3,(H,20,22)/t14?,15-/m0/s1. The summed E-state index contributed by atoms with van der Waals surface area (Å²) in [5.74, 6) is -0.00622. The number of esters is 1. The molecule has 1 aliphatic heterocycles. The van der Waals surface area contributed by atoms with Crippen LogP contribution in [0.5, 0.6) is 0 Å². The first-order valence-corrected chi connectivity index (χ1v) is 8.27. The maximum Gasteiger partial charge on any atom is 0.306 e. The number of hydrogen-bond acceptors (Lipinski definition) is 4. The fourth-order valence-corrected chi connectivity index (χ4v) is 3.06. The van der Waals surface area contributed by atoms with E-state index in [9.17, 15) is 9.59 Å². The van der Waals surface area contributed by atoms with E-state index in [0.717, 1.165) is 29.8 Å². The largest absolute Gasteiger partial charge is 0.466 e. The Balaban J connectivity index is 1.95. The fraction of sp³-hybridized carbons (Fsp3) is 0.556. The third-order valence-electron chi connectivity index (χ3n) is 4.32. The van der Waals surface area contributed by atoms with Crippen LogP contribution in [0.2, 0.25) is 0 Å². The second-order valence-electron chi connectivity index (χ2n) is 6.16. The number of nitrogens with one attached hydrogen (secondary N) is 2. The minimum Gasteiger partial charge on any atom is -0.466 e. The molecule has 1 fully saturated rings. The molecule has 1 aromatic carbocycles. The highest BCUT2D eigenvalue weighted by atomic mass is 16.5. The molecule has 23 heavy (non-hydrogen) atoms. The van der Waals surface area contributed by atoms with Crippen LogP contribution in [0.1, 0.15) is 37.3 Å². The molecule has 1 amide bonds. The number of hydrogen-bond donors (Lipinski definition) is 2. The Labute approximate surface area is 137 Å². The number of amides is 1. The summed E-state index contributed by atoms with van der Waals surface area (Å²) in [5.41, 5.74) is 2.99. The SMILES string of the molecule is CCOC(=O)CC1CCN[C@H](C(=O)Nc2c(C)cccc2C)C1. The molecule has 0 radical (unpaired) electrons. The topological polar surface area (TPSA) is 67.4 Å². The van der Waals surface area contributed by atoms with Crippen molar-refractivity contribution in [2.75, 3.05) is 18.5 Å². The second kappa shape index (κ2) is 8.11. The van der Waals surface area contributed by atoms with Crippen molar-refractivity contribution in [1.29, 1.82) is 0 Å². The van der Waals surface area contributed by atoms with Gasteiger partial charge in [-0.2, -0.15) is 0 Å². The van der Waals surface area contributed by atoms with Crippen molar-refractivity contribution in [3.8, 4) is 0 Å². The van der Waals surface area contributed by atoms with Gasteiger partial charge in [-0.05, 0) is 57.2 Å². The van der Waals surface area contributed by atoms with Gasteiger partial charge >= 0.3 is 5.97 Å². The molecule has 5 heteroatoms. The molecule has 126 valence electrons. The van der Waals surface area contributed by atoms with Crippen LogP contribution in [0.4, 0.5) is 5.69 Å². The normalized spacial score (nSPS) is 20.8. The maximum atomic E-state index is 12.5. The van der Waals surface area contributed by atoms with Gasteiger partial charge < -0.3 is 15.4 Å². The van der Waals surface area contributed by atoms with Crippen LogP contribution in [0.25, 0.3) is 0 Å². The van der Waals surface area contributed by atoms with Crippen molar-refractivity contribution in [2.45, 2.75) is 46.1 Å². The lowest BCUT2D eigenvalue weighted by Crippen LogP contribution is -2.46. The van der Waals surface area contributed by atoms with Gasteiger partial charge in [-0.15, -0.1) is 0 Å². The average molecular weight is 318 g/mol. The van der Waals surface area contributed by atoms with E-state index in [0.29, 0.717) is 19.4 Å². The summed E-state index contributed by atoms with van der Waals surface area (Å²) >= 11 is 0. The third-order valence-corrected chi connectivity index (χ3v) is 4.32. The minimum atomic E-state index is -0.262. The monoisotopic (exact) mass is 318 g/mol. The van der Waals surface area contributed by atoms with Gasteiger partial charge in [-0.25, -0.2) is 0 Å². The van der Waals surface area contributed by atoms with E-state index >= 15 is 0 Å². The highest BCUT2D eigenvalue weighted by Crippen LogP contribution is 2.23. The number of anilines is 1. The van der Waals surface area contributed by atoms with Gasteiger partial charge in [0.05, 0.1) is 12.6 Å². The van der Waals surface area contributed by atoms with Gasteiger partial charge in [-0.1, -0.05) is 18.2 Å². The molecule has 0 aromatic heterocycles. The van der Waals surface area contributed by atoms with E-state index in [4.69, 9.17) is 4.74 Å². The quantitative estimate of drug-likeness (QED) is 0.819. The molecular weight excluding hydrogens is 292 g/mol. The van der Waals surface area contributed by atoms with Gasteiger partial charge in [-0.3, -0.25) is 9.59 Å². The molecule has 1 heterocycles. The molecule has 0 saturated carbocycles. The predicted octanol–water partition coefficient (Wildman–Crippen LogP) is 2.56. The first-order chi connectivity index (χ1) is 11.0. The molecule has 1 unspecified atom stereocenters. The lowest BCUT2D eigenvalue weighted by molar-refractivity contribution is -0.144. The average Bonchev–Trinajstić information content (AvgIpc) is 2.51. The number of carbonyl (C=O) groups is 2. The van der Waals surface area contributed by atoms with Crippen molar-refractivity contribution >= 4 is 17.6 Å². The van der Waals surface area contributed by atoms with Crippen molar-refractivity contribution < 1.29 is 14.3 Å². The minimum absolute atomic E-state index is 0.0315. The van der Waals surface area contributed by atoms with Gasteiger partial charge in [0.2, 0.25) is 5.91 Å². The van der Waals surface area contributed by atoms with Crippen LogP contribution < -0.4 is 10.6 Å². The predicted molar refractivity (Wildman–Crippen MR) is 90.3 cm³/mol. The number of aryl methyl sites for hydroxylation is 2. The number of para-hydroxylation sites is 1. The van der Waals surface area contributed by atoms with Crippen molar-refractivity contribution in [1.82, 2.24) is 5.32 Å². The van der Waals surface area contributed by atoms with E-state index in [2.05, 4.69) is 10.6 Å². The zero-order chi connectivity index (χ0) is 16.8. The summed E-state index contributed by atoms with van der Waals surface area (Å²) in [5, 5.41) is 6.28. The summed E-state index contributed by atoms with van der Waals surface area (Å²) in [4.78, 5) is 24.2. The smallest absolute Gasteiger partial charge is 0.306 e. The first kappa shape index (κ1) is 17.5. The summed E-state index contributed by atoms with van der Waals surface area (Å²) in [6.07, 6.45) is 1.95. The van der Waals surface area contributed by atoms with Gasteiger partial charge in [0.25, 0.3) is 0 Å². The lowest BCUT2D eigenvalue weighted by Gasteiger charge is -2.29. The number of rotatable bonds is 5. The van der Waals surface area contributed by atoms with E-state index in [1.165, 1.54) is 0 Å². The molecule has 0 spiro atoms. The molecule has 2 rings (SSSR count). The van der Waals surface area contributed by atoms with Gasteiger partial charge in [0.1, 0.15) is 0 Å². The second-order valence-corrected chi connectivity index (χ2v) is 6.16. The van der Waals surface area contributed by atoms with Crippen LogP contribution in [0.15, 0.2) is 18.2 Å². The van der Waals surface area contributed by atoms with Crippen molar-refractivity contribution in [3.05, 3.63) is 29.3 Å². The molecule has 2 N–H and O–H groups in total. The third kappa shape index (κ3) is 4.79. The zero-order valence-corrected chi connectivity index (χ0v) is 14.1. The molecule has 5 nitrogen and oxygen atoms in total. The van der Waals surface area contributed by atoms with Crippen molar-refractivity contribution in [2.24, 2.45) is 5.92 Å². The van der Waals surface area contributed by atoms with Crippen LogP contribution in [0.3, 0.4) is 0 Å². The number of piperidine rings is 1. The molecule has 0 aliphatic carbocycles. The summed E-state index contributed by atoms with van der Waals surface area (Å²) in [6, 6.07) is 5.69. The maximum absolute atomic E-state index is 12.5. The Kier molecular flexibility index (Phi) is 6.16. The molecule has 1 saturated heterocycles. The first-order valence-electron chi connectivity index (χ1n) is 8.27. The van der Waals surface area contributed by atoms with Gasteiger partial charge in [0, 0.05) is 12.1 Å². The lowest BCUT2D eigenvalue weighted by atomic mass is 9.89. The zero-order valence-electron chi connectivity index (χ0n) is 14.1. The number of carbonyl (C=O) groups excluding carboxylic acids is 2. The van der Waals surface area contributed by atoms with Gasteiger partial charge in [0.15, 0.2) is 0 Å². The van der Waals surface area contributed by atoms with Crippen LogP contribution in [-0.4, -0.2) is 31.1 Å². The molecule has 1 aliphatic rings. The Morgan fingerprint density at radius 1 is 1.30 bits per heavy atom. The molecule has 0 bridgehead atoms. The van der Waals surface area contributed by atoms with Crippen LogP contribution in [0, 0.1) is 19.8 Å². The summed E-state index contributed by atoms with van der Waals surface area (Å²) in [7, 11) is 0. The van der Waals surface area contributed by atoms with Crippen molar-refractivity contribution in [3.63, 3.8) is 0 Å². The number of benzene rings is 1.